The van der Waals surface area contributed by atoms with Crippen LogP contribution in [0.3, 0.4) is 0 Å². The van der Waals surface area contributed by atoms with E-state index >= 15 is 0 Å². The van der Waals surface area contributed by atoms with Crippen LogP contribution < -0.4 is 24.2 Å². The highest BCUT2D eigenvalue weighted by molar-refractivity contribution is 7.92. The minimum absolute atomic E-state index is 0.0182. The van der Waals surface area contributed by atoms with Gasteiger partial charge in [0.05, 0.1) is 27.8 Å². The molecule has 3 rings (SSSR count). The zero-order chi connectivity index (χ0) is 24.0. The van der Waals surface area contributed by atoms with Gasteiger partial charge < -0.3 is 19.5 Å². The molecule has 0 aliphatic rings. The van der Waals surface area contributed by atoms with Crippen molar-refractivity contribution in [2.45, 2.75) is 11.3 Å². The number of hydrogen-bond acceptors (Lipinski definition) is 6. The minimum atomic E-state index is -4.01. The summed E-state index contributed by atoms with van der Waals surface area (Å²) in [7, 11) is 0.403. The molecule has 0 aliphatic heterocycles. The topological polar surface area (TPSA) is 103 Å². The summed E-state index contributed by atoms with van der Waals surface area (Å²) in [5.41, 5.74) is 1.29. The van der Waals surface area contributed by atoms with Gasteiger partial charge in [-0.15, -0.1) is 0 Å². The third kappa shape index (κ3) is 6.09. The van der Waals surface area contributed by atoms with E-state index in [2.05, 4.69) is 10.0 Å². The van der Waals surface area contributed by atoms with E-state index in [1.165, 1.54) is 33.5 Å². The Kier molecular flexibility index (Phi) is 7.67. The molecule has 0 aromatic heterocycles. The molecule has 0 aliphatic carbocycles. The summed E-state index contributed by atoms with van der Waals surface area (Å²) in [5, 5.41) is 3.19. The van der Waals surface area contributed by atoms with Crippen LogP contribution in [-0.4, -0.2) is 35.7 Å². The van der Waals surface area contributed by atoms with Gasteiger partial charge in [0.2, 0.25) is 5.91 Å². The predicted molar refractivity (Wildman–Crippen MR) is 127 cm³/mol. The Morgan fingerprint density at radius 3 is 2.15 bits per heavy atom. The van der Waals surface area contributed by atoms with Crippen LogP contribution in [-0.2, 0) is 21.2 Å². The van der Waals surface area contributed by atoms with Gasteiger partial charge in [-0.2, -0.15) is 0 Å². The molecule has 3 aromatic carbocycles. The summed E-state index contributed by atoms with van der Waals surface area (Å²) in [6.45, 7) is 0. The number of nitrogens with one attached hydrogen (secondary N) is 2. The monoisotopic (exact) mass is 490 g/mol. The largest absolute Gasteiger partial charge is 0.497 e. The number of carbonyl (C=O) groups is 1. The molecule has 2 N–H and O–H groups in total. The average molecular weight is 491 g/mol. The lowest BCUT2D eigenvalue weighted by Gasteiger charge is -2.14. The molecule has 0 bridgehead atoms. The summed E-state index contributed by atoms with van der Waals surface area (Å²) in [6, 6.07) is 15.7. The number of benzene rings is 3. The third-order valence-electron chi connectivity index (χ3n) is 4.68. The Hall–Kier alpha value is -3.43. The van der Waals surface area contributed by atoms with Crippen molar-refractivity contribution < 1.29 is 27.4 Å². The Labute approximate surface area is 197 Å². The SMILES string of the molecule is COc1ccc(CC(=O)Nc2ccc(OC)c(S(=O)(=O)Nc3ccc(Cl)cc3)c2)c(OC)c1. The second-order valence-corrected chi connectivity index (χ2v) is 8.97. The molecule has 0 radical (unpaired) electrons. The second kappa shape index (κ2) is 10.5. The molecular weight excluding hydrogens is 468 g/mol. The number of halogens is 1. The van der Waals surface area contributed by atoms with Crippen molar-refractivity contribution in [3.63, 3.8) is 0 Å². The van der Waals surface area contributed by atoms with Crippen LogP contribution >= 0.6 is 11.6 Å². The lowest BCUT2D eigenvalue weighted by Crippen LogP contribution is -2.17. The third-order valence-corrected chi connectivity index (χ3v) is 6.33. The first kappa shape index (κ1) is 24.2. The van der Waals surface area contributed by atoms with Gasteiger partial charge in [-0.1, -0.05) is 17.7 Å². The molecule has 0 saturated heterocycles. The van der Waals surface area contributed by atoms with E-state index in [1.54, 1.807) is 48.5 Å². The van der Waals surface area contributed by atoms with Crippen LogP contribution in [0.25, 0.3) is 0 Å². The predicted octanol–water partition coefficient (Wildman–Crippen LogP) is 4.35. The summed E-state index contributed by atoms with van der Waals surface area (Å²) >= 11 is 5.86. The van der Waals surface area contributed by atoms with E-state index in [0.29, 0.717) is 33.5 Å². The Bertz CT molecular complexity index is 1250. The quantitative estimate of drug-likeness (QED) is 0.462. The minimum Gasteiger partial charge on any atom is -0.497 e. The molecule has 33 heavy (non-hydrogen) atoms. The van der Waals surface area contributed by atoms with Gasteiger partial charge in [-0.3, -0.25) is 9.52 Å². The van der Waals surface area contributed by atoms with Gasteiger partial charge in [0, 0.05) is 28.0 Å². The summed E-state index contributed by atoms with van der Waals surface area (Å²) in [5.74, 6) is 0.896. The summed E-state index contributed by atoms with van der Waals surface area (Å²) < 4.78 is 44.1. The van der Waals surface area contributed by atoms with Gasteiger partial charge in [-0.05, 0) is 48.5 Å². The van der Waals surface area contributed by atoms with Crippen LogP contribution in [0.15, 0.2) is 65.6 Å². The first-order valence-corrected chi connectivity index (χ1v) is 11.6. The molecule has 0 heterocycles. The summed E-state index contributed by atoms with van der Waals surface area (Å²) in [6.07, 6.45) is 0.0182. The van der Waals surface area contributed by atoms with Gasteiger partial charge in [0.1, 0.15) is 22.1 Å². The zero-order valence-corrected chi connectivity index (χ0v) is 19.8. The van der Waals surface area contributed by atoms with E-state index in [-0.39, 0.29) is 23.0 Å². The number of rotatable bonds is 9. The Morgan fingerprint density at radius 2 is 1.52 bits per heavy atom. The van der Waals surface area contributed by atoms with Crippen LogP contribution in [0.4, 0.5) is 11.4 Å². The number of hydrogen-bond donors (Lipinski definition) is 2. The van der Waals surface area contributed by atoms with Crippen LogP contribution in [0.1, 0.15) is 5.56 Å². The second-order valence-electron chi connectivity index (χ2n) is 6.88. The Morgan fingerprint density at radius 1 is 0.848 bits per heavy atom. The number of ether oxygens (including phenoxy) is 3. The van der Waals surface area contributed by atoms with Crippen LogP contribution in [0, 0.1) is 0 Å². The summed E-state index contributed by atoms with van der Waals surface area (Å²) in [4.78, 5) is 12.5. The van der Waals surface area contributed by atoms with Crippen molar-refractivity contribution >= 4 is 38.9 Å². The fourth-order valence-electron chi connectivity index (χ4n) is 3.07. The fraction of sp³-hybridized carbons (Fsp3) is 0.174. The highest BCUT2D eigenvalue weighted by Gasteiger charge is 2.21. The molecule has 0 fully saturated rings. The normalized spacial score (nSPS) is 10.9. The van der Waals surface area contributed by atoms with Gasteiger partial charge in [-0.25, -0.2) is 8.42 Å². The molecule has 8 nitrogen and oxygen atoms in total. The maximum atomic E-state index is 13.0. The maximum Gasteiger partial charge on any atom is 0.265 e. The van der Waals surface area contributed by atoms with Crippen molar-refractivity contribution in [1.29, 1.82) is 0 Å². The van der Waals surface area contributed by atoms with Gasteiger partial charge >= 0.3 is 0 Å². The smallest absolute Gasteiger partial charge is 0.265 e. The highest BCUT2D eigenvalue weighted by Crippen LogP contribution is 2.30. The number of anilines is 2. The Balaban J connectivity index is 1.81. The van der Waals surface area contributed by atoms with Crippen LogP contribution in [0.2, 0.25) is 5.02 Å². The molecule has 0 unspecified atom stereocenters. The highest BCUT2D eigenvalue weighted by atomic mass is 35.5. The molecule has 0 spiro atoms. The molecule has 0 atom stereocenters. The number of methoxy groups -OCH3 is 3. The lowest BCUT2D eigenvalue weighted by molar-refractivity contribution is -0.115. The van der Waals surface area contributed by atoms with E-state index in [9.17, 15) is 13.2 Å². The van der Waals surface area contributed by atoms with E-state index in [1.807, 2.05) is 0 Å². The van der Waals surface area contributed by atoms with Gasteiger partial charge in [0.15, 0.2) is 0 Å². The van der Waals surface area contributed by atoms with E-state index < -0.39 is 10.0 Å². The maximum absolute atomic E-state index is 13.0. The fourth-order valence-corrected chi connectivity index (χ4v) is 4.45. The van der Waals surface area contributed by atoms with Crippen molar-refractivity contribution in [2.24, 2.45) is 0 Å². The number of carbonyl (C=O) groups excluding carboxylic acids is 1. The van der Waals surface area contributed by atoms with Crippen LogP contribution in [0.5, 0.6) is 17.2 Å². The van der Waals surface area contributed by atoms with E-state index in [4.69, 9.17) is 25.8 Å². The molecular formula is C23H23ClN2O6S. The molecule has 3 aromatic rings. The van der Waals surface area contributed by atoms with Crippen molar-refractivity contribution in [3.8, 4) is 17.2 Å². The zero-order valence-electron chi connectivity index (χ0n) is 18.2. The van der Waals surface area contributed by atoms with Crippen molar-refractivity contribution in [3.05, 3.63) is 71.2 Å². The average Bonchev–Trinajstić information content (AvgIpc) is 2.80. The molecule has 10 heteroatoms. The first-order valence-electron chi connectivity index (χ1n) is 9.73. The molecule has 174 valence electrons. The standard InChI is InChI=1S/C23H23ClN2O6S/c1-30-19-10-4-15(21(14-19)32-3)12-23(27)25-18-9-11-20(31-2)22(13-18)33(28,29)26-17-7-5-16(24)6-8-17/h4-11,13-14,26H,12H2,1-3H3,(H,25,27). The first-order chi connectivity index (χ1) is 15.7. The lowest BCUT2D eigenvalue weighted by atomic mass is 10.1. The van der Waals surface area contributed by atoms with Crippen molar-refractivity contribution in [1.82, 2.24) is 0 Å². The molecule has 1 amide bonds. The number of amides is 1. The number of sulfonamides is 1. The van der Waals surface area contributed by atoms with E-state index in [0.717, 1.165) is 0 Å². The van der Waals surface area contributed by atoms with Gasteiger partial charge in [0.25, 0.3) is 10.0 Å². The molecule has 0 saturated carbocycles. The van der Waals surface area contributed by atoms with Crippen molar-refractivity contribution in [2.75, 3.05) is 31.4 Å².